The molecular formula is C12H13N3O. The first-order valence-electron chi connectivity index (χ1n) is 5.31. The number of carbonyl (C=O) groups is 1. The lowest BCUT2D eigenvalue weighted by Gasteiger charge is -2.10. The molecule has 0 bridgehead atoms. The van der Waals surface area contributed by atoms with Gasteiger partial charge in [-0.1, -0.05) is 0 Å². The molecule has 0 aromatic heterocycles. The van der Waals surface area contributed by atoms with Crippen molar-refractivity contribution >= 4 is 5.91 Å². The molecule has 1 heterocycles. The molecule has 16 heavy (non-hydrogen) atoms. The van der Waals surface area contributed by atoms with Crippen molar-refractivity contribution in [1.82, 2.24) is 10.6 Å². The van der Waals surface area contributed by atoms with Crippen LogP contribution < -0.4 is 10.6 Å². The van der Waals surface area contributed by atoms with E-state index in [-0.39, 0.29) is 11.9 Å². The number of benzene rings is 1. The van der Waals surface area contributed by atoms with Gasteiger partial charge in [-0.2, -0.15) is 5.26 Å². The van der Waals surface area contributed by atoms with E-state index in [0.29, 0.717) is 11.1 Å². The minimum absolute atomic E-state index is 0.0711. The Hall–Kier alpha value is -1.86. The first kappa shape index (κ1) is 10.7. The minimum Gasteiger partial charge on any atom is -0.348 e. The predicted molar refractivity (Wildman–Crippen MR) is 59.9 cm³/mol. The van der Waals surface area contributed by atoms with Gasteiger partial charge in [0.2, 0.25) is 0 Å². The highest BCUT2D eigenvalue weighted by Crippen LogP contribution is 2.05. The molecule has 82 valence electrons. The van der Waals surface area contributed by atoms with E-state index < -0.39 is 0 Å². The van der Waals surface area contributed by atoms with Crippen LogP contribution >= 0.6 is 0 Å². The maximum absolute atomic E-state index is 11.8. The van der Waals surface area contributed by atoms with Crippen LogP contribution in [0, 0.1) is 11.3 Å². The second-order valence-electron chi connectivity index (χ2n) is 3.85. The van der Waals surface area contributed by atoms with E-state index in [2.05, 4.69) is 10.6 Å². The zero-order chi connectivity index (χ0) is 11.4. The van der Waals surface area contributed by atoms with Crippen LogP contribution in [0.5, 0.6) is 0 Å². The molecule has 1 atom stereocenters. The minimum atomic E-state index is -0.0711. The normalized spacial score (nSPS) is 19.1. The van der Waals surface area contributed by atoms with Crippen LogP contribution in [0.3, 0.4) is 0 Å². The van der Waals surface area contributed by atoms with Gasteiger partial charge in [-0.25, -0.2) is 0 Å². The Balaban J connectivity index is 2.00. The van der Waals surface area contributed by atoms with Gasteiger partial charge < -0.3 is 10.6 Å². The van der Waals surface area contributed by atoms with E-state index in [4.69, 9.17) is 5.26 Å². The van der Waals surface area contributed by atoms with Gasteiger partial charge in [-0.3, -0.25) is 4.79 Å². The maximum Gasteiger partial charge on any atom is 0.251 e. The number of nitrogens with one attached hydrogen (secondary N) is 2. The first-order valence-corrected chi connectivity index (χ1v) is 5.31. The summed E-state index contributed by atoms with van der Waals surface area (Å²) in [5, 5.41) is 14.8. The Labute approximate surface area is 94.3 Å². The number of nitriles is 1. The zero-order valence-electron chi connectivity index (χ0n) is 8.86. The highest BCUT2D eigenvalue weighted by molar-refractivity contribution is 5.94. The summed E-state index contributed by atoms with van der Waals surface area (Å²) in [7, 11) is 0. The molecule has 0 saturated carbocycles. The molecule has 1 amide bonds. The number of hydrogen-bond acceptors (Lipinski definition) is 3. The molecule has 1 unspecified atom stereocenters. The summed E-state index contributed by atoms with van der Waals surface area (Å²) >= 11 is 0. The lowest BCUT2D eigenvalue weighted by molar-refractivity contribution is 0.0940. The second-order valence-corrected chi connectivity index (χ2v) is 3.85. The molecule has 4 nitrogen and oxygen atoms in total. The quantitative estimate of drug-likeness (QED) is 0.761. The third-order valence-corrected chi connectivity index (χ3v) is 2.67. The van der Waals surface area contributed by atoms with Crippen molar-refractivity contribution in [2.75, 3.05) is 13.1 Å². The van der Waals surface area contributed by atoms with E-state index in [0.717, 1.165) is 19.5 Å². The van der Waals surface area contributed by atoms with Gasteiger partial charge >= 0.3 is 0 Å². The molecule has 2 rings (SSSR count). The number of hydrogen-bond donors (Lipinski definition) is 2. The topological polar surface area (TPSA) is 64.9 Å². The van der Waals surface area contributed by atoms with E-state index in [9.17, 15) is 4.79 Å². The van der Waals surface area contributed by atoms with Crippen LogP contribution in [0.4, 0.5) is 0 Å². The Morgan fingerprint density at radius 2 is 2.19 bits per heavy atom. The third-order valence-electron chi connectivity index (χ3n) is 2.67. The molecule has 1 fully saturated rings. The van der Waals surface area contributed by atoms with Crippen LogP contribution in [0.2, 0.25) is 0 Å². The summed E-state index contributed by atoms with van der Waals surface area (Å²) in [6.45, 7) is 1.79. The van der Waals surface area contributed by atoms with Crippen LogP contribution in [0.15, 0.2) is 24.3 Å². The molecule has 1 aliphatic rings. The van der Waals surface area contributed by atoms with Crippen LogP contribution in [-0.2, 0) is 0 Å². The molecule has 0 radical (unpaired) electrons. The maximum atomic E-state index is 11.8. The van der Waals surface area contributed by atoms with Crippen LogP contribution in [0.25, 0.3) is 0 Å². The van der Waals surface area contributed by atoms with Crippen molar-refractivity contribution in [2.24, 2.45) is 0 Å². The summed E-state index contributed by atoms with van der Waals surface area (Å²) < 4.78 is 0. The third kappa shape index (κ3) is 2.38. The van der Waals surface area contributed by atoms with Gasteiger partial charge in [0.1, 0.15) is 0 Å². The Kier molecular flexibility index (Phi) is 3.18. The average Bonchev–Trinajstić information content (AvgIpc) is 2.82. The molecule has 1 saturated heterocycles. The molecule has 0 aliphatic carbocycles. The monoisotopic (exact) mass is 215 g/mol. The van der Waals surface area contributed by atoms with Gasteiger partial charge in [-0.15, -0.1) is 0 Å². The van der Waals surface area contributed by atoms with E-state index >= 15 is 0 Å². The fraction of sp³-hybridized carbons (Fsp3) is 0.333. The van der Waals surface area contributed by atoms with Crippen molar-refractivity contribution in [3.63, 3.8) is 0 Å². The predicted octanol–water partition coefficient (Wildman–Crippen LogP) is 0.650. The molecule has 1 aliphatic heterocycles. The van der Waals surface area contributed by atoms with Crippen molar-refractivity contribution < 1.29 is 4.79 Å². The SMILES string of the molecule is N#Cc1ccc(C(=O)NC2CCNC2)cc1. The highest BCUT2D eigenvalue weighted by Gasteiger charge is 2.17. The average molecular weight is 215 g/mol. The van der Waals surface area contributed by atoms with Crippen molar-refractivity contribution in [2.45, 2.75) is 12.5 Å². The van der Waals surface area contributed by atoms with Crippen LogP contribution in [-0.4, -0.2) is 25.0 Å². The van der Waals surface area contributed by atoms with Crippen molar-refractivity contribution in [1.29, 1.82) is 5.26 Å². The van der Waals surface area contributed by atoms with Gasteiger partial charge in [-0.05, 0) is 37.2 Å². The van der Waals surface area contributed by atoms with Crippen LogP contribution in [0.1, 0.15) is 22.3 Å². The molecule has 1 aromatic carbocycles. The summed E-state index contributed by atoms with van der Waals surface area (Å²) in [6.07, 6.45) is 0.974. The molecule has 4 heteroatoms. The number of carbonyl (C=O) groups excluding carboxylic acids is 1. The molecule has 0 spiro atoms. The smallest absolute Gasteiger partial charge is 0.251 e. The van der Waals surface area contributed by atoms with Gasteiger partial charge in [0.15, 0.2) is 0 Å². The Morgan fingerprint density at radius 1 is 1.44 bits per heavy atom. The second kappa shape index (κ2) is 4.77. The zero-order valence-corrected chi connectivity index (χ0v) is 8.86. The Morgan fingerprint density at radius 3 is 2.75 bits per heavy atom. The molecular weight excluding hydrogens is 202 g/mol. The largest absolute Gasteiger partial charge is 0.348 e. The number of amides is 1. The fourth-order valence-corrected chi connectivity index (χ4v) is 1.74. The Bertz CT molecular complexity index is 413. The first-order chi connectivity index (χ1) is 7.79. The van der Waals surface area contributed by atoms with Gasteiger partial charge in [0, 0.05) is 18.2 Å². The van der Waals surface area contributed by atoms with Crippen molar-refractivity contribution in [3.05, 3.63) is 35.4 Å². The number of nitrogens with zero attached hydrogens (tertiary/aromatic N) is 1. The fourth-order valence-electron chi connectivity index (χ4n) is 1.74. The lowest BCUT2D eigenvalue weighted by atomic mass is 10.1. The van der Waals surface area contributed by atoms with E-state index in [1.54, 1.807) is 24.3 Å². The van der Waals surface area contributed by atoms with Gasteiger partial charge in [0.25, 0.3) is 5.91 Å². The summed E-state index contributed by atoms with van der Waals surface area (Å²) in [4.78, 5) is 11.8. The molecule has 1 aromatic rings. The lowest BCUT2D eigenvalue weighted by Crippen LogP contribution is -2.36. The van der Waals surface area contributed by atoms with E-state index in [1.165, 1.54) is 0 Å². The summed E-state index contributed by atoms with van der Waals surface area (Å²) in [5.74, 6) is -0.0711. The molecule has 2 N–H and O–H groups in total. The van der Waals surface area contributed by atoms with Crippen molar-refractivity contribution in [3.8, 4) is 6.07 Å². The standard InChI is InChI=1S/C12H13N3O/c13-7-9-1-3-10(4-2-9)12(16)15-11-5-6-14-8-11/h1-4,11,14H,5-6,8H2,(H,15,16). The van der Waals surface area contributed by atoms with E-state index in [1.807, 2.05) is 6.07 Å². The number of rotatable bonds is 2. The summed E-state index contributed by atoms with van der Waals surface area (Å²) in [5.41, 5.74) is 1.17. The van der Waals surface area contributed by atoms with Gasteiger partial charge in [0.05, 0.1) is 11.6 Å². The highest BCUT2D eigenvalue weighted by atomic mass is 16.1. The summed E-state index contributed by atoms with van der Waals surface area (Å²) in [6, 6.07) is 8.91.